The third kappa shape index (κ3) is 6.31. The van der Waals surface area contributed by atoms with Crippen LogP contribution < -0.4 is 5.32 Å². The normalized spacial score (nSPS) is 10.7. The fourth-order valence-corrected chi connectivity index (χ4v) is 1.43. The van der Waals surface area contributed by atoms with Gasteiger partial charge in [-0.05, 0) is 38.6 Å². The van der Waals surface area contributed by atoms with Gasteiger partial charge in [0.05, 0.1) is 6.26 Å². The van der Waals surface area contributed by atoms with E-state index in [9.17, 15) is 0 Å². The minimum Gasteiger partial charge on any atom is -0.467 e. The van der Waals surface area contributed by atoms with E-state index in [1.165, 1.54) is 19.3 Å². The van der Waals surface area contributed by atoms with Gasteiger partial charge in [0.1, 0.15) is 12.4 Å². The lowest BCUT2D eigenvalue weighted by atomic mass is 10.2. The molecule has 3 heteroatoms. The second-order valence-corrected chi connectivity index (χ2v) is 3.65. The van der Waals surface area contributed by atoms with Gasteiger partial charge in [0.15, 0.2) is 0 Å². The van der Waals surface area contributed by atoms with E-state index in [2.05, 4.69) is 5.32 Å². The fourth-order valence-electron chi connectivity index (χ4n) is 1.43. The molecule has 1 aromatic heterocycles. The average Bonchev–Trinajstić information content (AvgIpc) is 2.75. The second-order valence-electron chi connectivity index (χ2n) is 3.65. The van der Waals surface area contributed by atoms with Gasteiger partial charge in [-0.3, -0.25) is 0 Å². The molecule has 1 N–H and O–H groups in total. The molecule has 1 rings (SSSR count). The van der Waals surface area contributed by atoms with Gasteiger partial charge in [0.25, 0.3) is 0 Å². The Balaban J connectivity index is 1.81. The molecule has 0 unspecified atom stereocenters. The van der Waals surface area contributed by atoms with Crippen LogP contribution in [0, 0.1) is 0 Å². The number of rotatable bonds is 9. The smallest absolute Gasteiger partial charge is 0.129 e. The Kier molecular flexibility index (Phi) is 6.96. The summed E-state index contributed by atoms with van der Waals surface area (Å²) in [5.74, 6) is 0.908. The van der Waals surface area contributed by atoms with Gasteiger partial charge in [-0.25, -0.2) is 0 Å². The zero-order valence-corrected chi connectivity index (χ0v) is 9.50. The summed E-state index contributed by atoms with van der Waals surface area (Å²) in [5, 5.41) is 3.14. The topological polar surface area (TPSA) is 34.4 Å². The first-order chi connectivity index (χ1) is 7.43. The van der Waals surface area contributed by atoms with Crippen LogP contribution in [-0.4, -0.2) is 20.2 Å². The summed E-state index contributed by atoms with van der Waals surface area (Å²) in [5.41, 5.74) is 0. The van der Waals surface area contributed by atoms with Crippen molar-refractivity contribution in [2.75, 3.05) is 20.2 Å². The lowest BCUT2D eigenvalue weighted by molar-refractivity contribution is 0.102. The van der Waals surface area contributed by atoms with Crippen molar-refractivity contribution in [3.8, 4) is 0 Å². The molecule has 0 radical (unpaired) electrons. The van der Waals surface area contributed by atoms with E-state index < -0.39 is 0 Å². The van der Waals surface area contributed by atoms with Gasteiger partial charge in [0, 0.05) is 6.61 Å². The molecule has 0 fully saturated rings. The average molecular weight is 211 g/mol. The maximum Gasteiger partial charge on any atom is 0.129 e. The first kappa shape index (κ1) is 12.3. The van der Waals surface area contributed by atoms with E-state index in [4.69, 9.17) is 9.15 Å². The monoisotopic (exact) mass is 211 g/mol. The molecule has 0 spiro atoms. The van der Waals surface area contributed by atoms with Crippen molar-refractivity contribution in [2.45, 2.75) is 32.3 Å². The van der Waals surface area contributed by atoms with Gasteiger partial charge < -0.3 is 14.5 Å². The van der Waals surface area contributed by atoms with E-state index in [-0.39, 0.29) is 0 Å². The predicted octanol–water partition coefficient (Wildman–Crippen LogP) is 2.58. The van der Waals surface area contributed by atoms with Crippen molar-refractivity contribution in [1.82, 2.24) is 5.32 Å². The van der Waals surface area contributed by atoms with Crippen LogP contribution in [0.5, 0.6) is 0 Å². The third-order valence-electron chi connectivity index (χ3n) is 2.29. The number of unbranched alkanes of at least 4 members (excludes halogenated alkanes) is 3. The lowest BCUT2D eigenvalue weighted by Gasteiger charge is -2.02. The summed E-state index contributed by atoms with van der Waals surface area (Å²) in [6.45, 7) is 2.55. The van der Waals surface area contributed by atoms with Crippen LogP contribution in [0.25, 0.3) is 0 Å². The lowest BCUT2D eigenvalue weighted by Crippen LogP contribution is -2.07. The van der Waals surface area contributed by atoms with E-state index in [0.717, 1.165) is 25.3 Å². The van der Waals surface area contributed by atoms with Crippen molar-refractivity contribution < 1.29 is 9.15 Å². The molecule has 0 saturated carbocycles. The molecule has 0 atom stereocenters. The molecule has 0 aliphatic carbocycles. The molecule has 86 valence electrons. The van der Waals surface area contributed by atoms with Crippen LogP contribution in [0.3, 0.4) is 0 Å². The Labute approximate surface area is 91.8 Å². The van der Waals surface area contributed by atoms with Crippen LogP contribution >= 0.6 is 0 Å². The molecule has 0 aliphatic heterocycles. The SMILES string of the molecule is CNCCCCCCOCc1ccco1. The van der Waals surface area contributed by atoms with E-state index in [1.54, 1.807) is 6.26 Å². The largest absolute Gasteiger partial charge is 0.467 e. The second kappa shape index (κ2) is 8.50. The summed E-state index contributed by atoms with van der Waals surface area (Å²) in [6.07, 6.45) is 6.61. The molecular weight excluding hydrogens is 190 g/mol. The first-order valence-electron chi connectivity index (χ1n) is 5.68. The summed E-state index contributed by atoms with van der Waals surface area (Å²) >= 11 is 0. The molecule has 0 amide bonds. The molecule has 0 saturated heterocycles. The molecule has 15 heavy (non-hydrogen) atoms. The molecular formula is C12H21NO2. The van der Waals surface area contributed by atoms with E-state index in [0.29, 0.717) is 6.61 Å². The van der Waals surface area contributed by atoms with E-state index >= 15 is 0 Å². The molecule has 0 bridgehead atoms. The fraction of sp³-hybridized carbons (Fsp3) is 0.667. The van der Waals surface area contributed by atoms with Crippen molar-refractivity contribution in [1.29, 1.82) is 0 Å². The Morgan fingerprint density at radius 1 is 1.27 bits per heavy atom. The van der Waals surface area contributed by atoms with E-state index in [1.807, 2.05) is 19.2 Å². The quantitative estimate of drug-likeness (QED) is 0.637. The highest BCUT2D eigenvalue weighted by Gasteiger charge is 1.95. The zero-order valence-electron chi connectivity index (χ0n) is 9.50. The molecule has 3 nitrogen and oxygen atoms in total. The number of nitrogens with one attached hydrogen (secondary N) is 1. The van der Waals surface area contributed by atoms with Gasteiger partial charge >= 0.3 is 0 Å². The van der Waals surface area contributed by atoms with Gasteiger partial charge in [-0.15, -0.1) is 0 Å². The Bertz CT molecular complexity index is 222. The number of hydrogen-bond donors (Lipinski definition) is 1. The van der Waals surface area contributed by atoms with Crippen LogP contribution in [-0.2, 0) is 11.3 Å². The number of hydrogen-bond acceptors (Lipinski definition) is 3. The summed E-state index contributed by atoms with van der Waals surface area (Å²) in [4.78, 5) is 0. The van der Waals surface area contributed by atoms with Crippen LogP contribution in [0.1, 0.15) is 31.4 Å². The van der Waals surface area contributed by atoms with Crippen molar-refractivity contribution in [3.05, 3.63) is 24.2 Å². The number of ether oxygens (including phenoxy) is 1. The van der Waals surface area contributed by atoms with Crippen LogP contribution in [0.4, 0.5) is 0 Å². The minimum absolute atomic E-state index is 0.601. The number of furan rings is 1. The molecule has 1 aromatic rings. The standard InChI is InChI=1S/C12H21NO2/c1-13-8-4-2-3-5-9-14-11-12-7-6-10-15-12/h6-7,10,13H,2-5,8-9,11H2,1H3. The molecule has 1 heterocycles. The molecule has 0 aromatic carbocycles. The summed E-state index contributed by atoms with van der Waals surface area (Å²) in [6, 6.07) is 3.82. The Morgan fingerprint density at radius 3 is 2.87 bits per heavy atom. The van der Waals surface area contributed by atoms with Gasteiger partial charge in [-0.1, -0.05) is 12.8 Å². The van der Waals surface area contributed by atoms with Gasteiger partial charge in [0.2, 0.25) is 0 Å². The Morgan fingerprint density at radius 2 is 2.13 bits per heavy atom. The molecule has 0 aliphatic rings. The third-order valence-corrected chi connectivity index (χ3v) is 2.29. The van der Waals surface area contributed by atoms with Crippen molar-refractivity contribution in [3.63, 3.8) is 0 Å². The van der Waals surface area contributed by atoms with Gasteiger partial charge in [-0.2, -0.15) is 0 Å². The summed E-state index contributed by atoms with van der Waals surface area (Å²) in [7, 11) is 1.99. The highest BCUT2D eigenvalue weighted by atomic mass is 16.5. The maximum absolute atomic E-state index is 5.48. The Hall–Kier alpha value is -0.800. The zero-order chi connectivity index (χ0) is 10.8. The minimum atomic E-state index is 0.601. The predicted molar refractivity (Wildman–Crippen MR) is 60.8 cm³/mol. The van der Waals surface area contributed by atoms with Crippen molar-refractivity contribution >= 4 is 0 Å². The first-order valence-corrected chi connectivity index (χ1v) is 5.68. The van der Waals surface area contributed by atoms with Crippen LogP contribution in [0.15, 0.2) is 22.8 Å². The van der Waals surface area contributed by atoms with Crippen LogP contribution in [0.2, 0.25) is 0 Å². The van der Waals surface area contributed by atoms with Crippen molar-refractivity contribution in [2.24, 2.45) is 0 Å². The summed E-state index contributed by atoms with van der Waals surface area (Å²) < 4.78 is 10.6. The highest BCUT2D eigenvalue weighted by Crippen LogP contribution is 2.04. The highest BCUT2D eigenvalue weighted by molar-refractivity contribution is 4.95. The maximum atomic E-state index is 5.48.